The van der Waals surface area contributed by atoms with E-state index < -0.39 is 6.10 Å². The summed E-state index contributed by atoms with van der Waals surface area (Å²) in [5.74, 6) is 0.226. The maximum absolute atomic E-state index is 11.0. The molecule has 0 saturated carbocycles. The highest BCUT2D eigenvalue weighted by atomic mass is 16.6. The van der Waals surface area contributed by atoms with Crippen LogP contribution >= 0.6 is 0 Å². The lowest BCUT2D eigenvalue weighted by Gasteiger charge is -2.11. The summed E-state index contributed by atoms with van der Waals surface area (Å²) in [6, 6.07) is 9.82. The molecule has 1 aromatic carbocycles. The van der Waals surface area contributed by atoms with Crippen molar-refractivity contribution in [2.45, 2.75) is 13.0 Å². The molecule has 1 aromatic rings. The number of hydrogen-bond acceptors (Lipinski definition) is 3. The predicted octanol–water partition coefficient (Wildman–Crippen LogP) is 1.43. The third-order valence-electron chi connectivity index (χ3n) is 1.52. The highest BCUT2D eigenvalue weighted by Crippen LogP contribution is 2.10. The van der Waals surface area contributed by atoms with Gasteiger partial charge in [0.05, 0.1) is 7.11 Å². The zero-order valence-corrected chi connectivity index (χ0v) is 7.61. The number of benzene rings is 1. The Morgan fingerprint density at radius 2 is 2.38 bits per heavy atom. The molecule has 0 fully saturated rings. The number of ether oxygens (including phenoxy) is 2. The molecule has 3 nitrogen and oxygen atoms in total. The first kappa shape index (κ1) is 9.58. The van der Waals surface area contributed by atoms with Gasteiger partial charge in [-0.15, -0.1) is 0 Å². The standard InChI is InChI=1S/C10H11O3/c1-8(10(11)12-2)13-9-6-4-3-5-7-9/h3-4,6-8H,1-2H3. The van der Waals surface area contributed by atoms with Gasteiger partial charge in [-0.25, -0.2) is 4.79 Å². The number of hydrogen-bond donors (Lipinski definition) is 0. The van der Waals surface area contributed by atoms with Crippen LogP contribution in [0.25, 0.3) is 0 Å². The van der Waals surface area contributed by atoms with Crippen LogP contribution in [0, 0.1) is 6.07 Å². The molecule has 13 heavy (non-hydrogen) atoms. The smallest absolute Gasteiger partial charge is 0.346 e. The van der Waals surface area contributed by atoms with Crippen molar-refractivity contribution < 1.29 is 14.3 Å². The van der Waals surface area contributed by atoms with E-state index in [1.54, 1.807) is 31.2 Å². The van der Waals surface area contributed by atoms with Crippen molar-refractivity contribution in [3.63, 3.8) is 0 Å². The van der Waals surface area contributed by atoms with Gasteiger partial charge in [0.15, 0.2) is 6.10 Å². The van der Waals surface area contributed by atoms with E-state index >= 15 is 0 Å². The summed E-state index contributed by atoms with van der Waals surface area (Å²) in [7, 11) is 1.33. The Balaban J connectivity index is 2.55. The van der Waals surface area contributed by atoms with Gasteiger partial charge in [0.1, 0.15) is 5.75 Å². The van der Waals surface area contributed by atoms with Crippen LogP contribution < -0.4 is 4.74 Å². The second kappa shape index (κ2) is 4.50. The quantitative estimate of drug-likeness (QED) is 0.658. The van der Waals surface area contributed by atoms with E-state index in [4.69, 9.17) is 4.74 Å². The summed E-state index contributed by atoms with van der Waals surface area (Å²) in [5, 5.41) is 0. The average molecular weight is 179 g/mol. The van der Waals surface area contributed by atoms with Crippen LogP contribution in [0.4, 0.5) is 0 Å². The molecule has 0 heterocycles. The summed E-state index contributed by atoms with van der Waals surface area (Å²) >= 11 is 0. The molecule has 0 aromatic heterocycles. The van der Waals surface area contributed by atoms with Gasteiger partial charge >= 0.3 is 5.97 Å². The maximum Gasteiger partial charge on any atom is 0.346 e. The van der Waals surface area contributed by atoms with Crippen LogP contribution in [-0.2, 0) is 9.53 Å². The van der Waals surface area contributed by atoms with Gasteiger partial charge in [-0.1, -0.05) is 12.1 Å². The lowest BCUT2D eigenvalue weighted by Crippen LogP contribution is -2.24. The summed E-state index contributed by atoms with van der Waals surface area (Å²) in [5.41, 5.74) is 0. The van der Waals surface area contributed by atoms with Crippen molar-refractivity contribution in [1.82, 2.24) is 0 Å². The first-order valence-electron chi connectivity index (χ1n) is 3.94. The van der Waals surface area contributed by atoms with E-state index in [2.05, 4.69) is 10.8 Å². The minimum atomic E-state index is -0.583. The molecule has 1 atom stereocenters. The van der Waals surface area contributed by atoms with Gasteiger partial charge in [-0.2, -0.15) is 0 Å². The van der Waals surface area contributed by atoms with Gasteiger partial charge in [0.2, 0.25) is 0 Å². The van der Waals surface area contributed by atoms with Crippen LogP contribution in [0.1, 0.15) is 6.92 Å². The van der Waals surface area contributed by atoms with Gasteiger partial charge in [-0.3, -0.25) is 0 Å². The van der Waals surface area contributed by atoms with Crippen molar-refractivity contribution in [2.24, 2.45) is 0 Å². The van der Waals surface area contributed by atoms with Gasteiger partial charge in [0, 0.05) is 0 Å². The summed E-state index contributed by atoms with van der Waals surface area (Å²) in [6.07, 6.45) is -0.583. The van der Waals surface area contributed by atoms with E-state index in [0.29, 0.717) is 5.75 Å². The predicted molar refractivity (Wildman–Crippen MR) is 47.4 cm³/mol. The second-order valence-corrected chi connectivity index (χ2v) is 2.52. The largest absolute Gasteiger partial charge is 0.479 e. The van der Waals surface area contributed by atoms with E-state index in [-0.39, 0.29) is 5.97 Å². The monoisotopic (exact) mass is 179 g/mol. The minimum absolute atomic E-state index is 0.385. The zero-order valence-electron chi connectivity index (χ0n) is 7.61. The maximum atomic E-state index is 11.0. The molecule has 0 amide bonds. The SMILES string of the molecule is COC(=O)C(C)Oc1c[c]ccc1. The van der Waals surface area contributed by atoms with E-state index in [1.165, 1.54) is 7.11 Å². The third-order valence-corrected chi connectivity index (χ3v) is 1.52. The number of carbonyl (C=O) groups excluding carboxylic acids is 1. The molecule has 1 unspecified atom stereocenters. The van der Waals surface area contributed by atoms with Crippen LogP contribution in [0.5, 0.6) is 5.75 Å². The van der Waals surface area contributed by atoms with Gasteiger partial charge in [0.25, 0.3) is 0 Å². The molecule has 0 aliphatic carbocycles. The fourth-order valence-electron chi connectivity index (χ4n) is 0.868. The molecule has 0 aliphatic heterocycles. The molecule has 0 saturated heterocycles. The Labute approximate surface area is 77.3 Å². The van der Waals surface area contributed by atoms with Crippen molar-refractivity contribution >= 4 is 5.97 Å². The molecule has 0 aliphatic rings. The molecular formula is C10H11O3. The number of esters is 1. The average Bonchev–Trinajstić information content (AvgIpc) is 2.18. The first-order valence-corrected chi connectivity index (χ1v) is 3.94. The Bertz CT molecular complexity index is 269. The fraction of sp³-hybridized carbons (Fsp3) is 0.300. The van der Waals surface area contributed by atoms with Gasteiger partial charge < -0.3 is 9.47 Å². The number of methoxy groups -OCH3 is 1. The Morgan fingerprint density at radius 1 is 1.62 bits per heavy atom. The Morgan fingerprint density at radius 3 is 2.92 bits per heavy atom. The normalized spacial score (nSPS) is 11.8. The molecule has 0 bridgehead atoms. The third kappa shape index (κ3) is 2.78. The first-order chi connectivity index (χ1) is 6.24. The lowest BCUT2D eigenvalue weighted by atomic mass is 10.3. The topological polar surface area (TPSA) is 35.5 Å². The second-order valence-electron chi connectivity index (χ2n) is 2.52. The molecule has 1 radical (unpaired) electrons. The summed E-state index contributed by atoms with van der Waals surface area (Å²) in [6.45, 7) is 1.64. The van der Waals surface area contributed by atoms with Crippen molar-refractivity contribution in [1.29, 1.82) is 0 Å². The number of carbonyl (C=O) groups is 1. The van der Waals surface area contributed by atoms with Crippen molar-refractivity contribution in [3.8, 4) is 5.75 Å². The van der Waals surface area contributed by atoms with Crippen LogP contribution in [-0.4, -0.2) is 19.2 Å². The molecule has 0 N–H and O–H groups in total. The summed E-state index contributed by atoms with van der Waals surface area (Å²) < 4.78 is 9.77. The molecular weight excluding hydrogens is 168 g/mol. The lowest BCUT2D eigenvalue weighted by molar-refractivity contribution is -0.147. The highest BCUT2D eigenvalue weighted by molar-refractivity contribution is 5.74. The molecule has 1 rings (SSSR count). The van der Waals surface area contributed by atoms with E-state index in [0.717, 1.165) is 0 Å². The summed E-state index contributed by atoms with van der Waals surface area (Å²) in [4.78, 5) is 11.0. The molecule has 69 valence electrons. The Hall–Kier alpha value is -1.51. The van der Waals surface area contributed by atoms with Crippen LogP contribution in [0.3, 0.4) is 0 Å². The zero-order chi connectivity index (χ0) is 9.68. The van der Waals surface area contributed by atoms with E-state index in [9.17, 15) is 4.79 Å². The van der Waals surface area contributed by atoms with Crippen LogP contribution in [0.2, 0.25) is 0 Å². The fourth-order valence-corrected chi connectivity index (χ4v) is 0.868. The molecule has 3 heteroatoms. The van der Waals surface area contributed by atoms with Crippen LogP contribution in [0.15, 0.2) is 24.3 Å². The van der Waals surface area contributed by atoms with Gasteiger partial charge in [-0.05, 0) is 25.1 Å². The van der Waals surface area contributed by atoms with Crippen molar-refractivity contribution in [2.75, 3.05) is 7.11 Å². The molecule has 0 spiro atoms. The minimum Gasteiger partial charge on any atom is -0.479 e. The Kier molecular flexibility index (Phi) is 3.31. The van der Waals surface area contributed by atoms with E-state index in [1.807, 2.05) is 0 Å². The van der Waals surface area contributed by atoms with Crippen molar-refractivity contribution in [3.05, 3.63) is 30.3 Å². The highest BCUT2D eigenvalue weighted by Gasteiger charge is 2.13. The number of rotatable bonds is 3.